The molecule has 1 unspecified atom stereocenters. The molecule has 3 nitrogen and oxygen atoms in total. The summed E-state index contributed by atoms with van der Waals surface area (Å²) >= 11 is 0. The van der Waals surface area contributed by atoms with Gasteiger partial charge in [0, 0.05) is 18.0 Å². The topological polar surface area (TPSA) is 42.4 Å². The van der Waals surface area contributed by atoms with Crippen molar-refractivity contribution in [3.05, 3.63) is 59.4 Å². The molecule has 0 aliphatic carbocycles. The number of aliphatic hydroxyl groups excluding tert-OH is 1. The van der Waals surface area contributed by atoms with Gasteiger partial charge in [0.1, 0.15) is 11.9 Å². The predicted octanol–water partition coefficient (Wildman–Crippen LogP) is 2.87. The molecule has 0 amide bonds. The fourth-order valence-electron chi connectivity index (χ4n) is 1.89. The van der Waals surface area contributed by atoms with Crippen molar-refractivity contribution in [3.63, 3.8) is 0 Å². The summed E-state index contributed by atoms with van der Waals surface area (Å²) in [5.41, 5.74) is 2.71. The quantitative estimate of drug-likeness (QED) is 0.897. The van der Waals surface area contributed by atoms with Gasteiger partial charge < -0.3 is 9.84 Å². The average molecular weight is 243 g/mol. The first kappa shape index (κ1) is 12.6. The molecule has 2 rings (SSSR count). The Morgan fingerprint density at radius 3 is 2.61 bits per heavy atom. The SMILES string of the molecule is CCOc1ccc(C)cc1C(O)c1ccncc1. The van der Waals surface area contributed by atoms with Crippen LogP contribution in [0.2, 0.25) is 0 Å². The van der Waals surface area contributed by atoms with Crippen LogP contribution in [0.15, 0.2) is 42.7 Å². The fraction of sp³-hybridized carbons (Fsp3) is 0.267. The summed E-state index contributed by atoms with van der Waals surface area (Å²) in [7, 11) is 0. The summed E-state index contributed by atoms with van der Waals surface area (Å²) in [5.74, 6) is 0.729. The zero-order valence-electron chi connectivity index (χ0n) is 10.6. The van der Waals surface area contributed by atoms with Crippen molar-refractivity contribution in [2.75, 3.05) is 6.61 Å². The van der Waals surface area contributed by atoms with Crippen molar-refractivity contribution in [2.24, 2.45) is 0 Å². The molecule has 94 valence electrons. The Morgan fingerprint density at radius 2 is 1.94 bits per heavy atom. The number of aryl methyl sites for hydroxylation is 1. The maximum absolute atomic E-state index is 10.4. The first-order valence-electron chi connectivity index (χ1n) is 6.03. The van der Waals surface area contributed by atoms with E-state index in [1.54, 1.807) is 12.4 Å². The van der Waals surface area contributed by atoms with Crippen LogP contribution >= 0.6 is 0 Å². The van der Waals surface area contributed by atoms with Crippen LogP contribution in [0.4, 0.5) is 0 Å². The molecule has 0 spiro atoms. The van der Waals surface area contributed by atoms with Crippen LogP contribution in [-0.4, -0.2) is 16.7 Å². The molecule has 2 aromatic rings. The summed E-state index contributed by atoms with van der Waals surface area (Å²) < 4.78 is 5.56. The van der Waals surface area contributed by atoms with Crippen LogP contribution < -0.4 is 4.74 Å². The predicted molar refractivity (Wildman–Crippen MR) is 70.6 cm³/mol. The van der Waals surface area contributed by atoms with E-state index in [1.165, 1.54) is 0 Å². The second-order valence-electron chi connectivity index (χ2n) is 4.16. The molecule has 0 saturated carbocycles. The summed E-state index contributed by atoms with van der Waals surface area (Å²) in [4.78, 5) is 3.96. The average Bonchev–Trinajstić information content (AvgIpc) is 2.41. The largest absolute Gasteiger partial charge is 0.493 e. The zero-order valence-corrected chi connectivity index (χ0v) is 10.6. The standard InChI is InChI=1S/C15H17NO2/c1-3-18-14-5-4-11(2)10-13(14)15(17)12-6-8-16-9-7-12/h4-10,15,17H,3H2,1-2H3. The normalized spacial score (nSPS) is 12.2. The van der Waals surface area contributed by atoms with Crippen LogP contribution in [0.3, 0.4) is 0 Å². The van der Waals surface area contributed by atoms with Gasteiger partial charge in [0.15, 0.2) is 0 Å². The first-order chi connectivity index (χ1) is 8.72. The van der Waals surface area contributed by atoms with E-state index in [9.17, 15) is 5.11 Å². The molecule has 18 heavy (non-hydrogen) atoms. The van der Waals surface area contributed by atoms with E-state index >= 15 is 0 Å². The van der Waals surface area contributed by atoms with Gasteiger partial charge in [-0.1, -0.05) is 11.6 Å². The Bertz CT molecular complexity index is 511. The van der Waals surface area contributed by atoms with Gasteiger partial charge in [-0.2, -0.15) is 0 Å². The maximum atomic E-state index is 10.4. The number of rotatable bonds is 4. The van der Waals surface area contributed by atoms with Gasteiger partial charge >= 0.3 is 0 Å². The van der Waals surface area contributed by atoms with Crippen LogP contribution in [0, 0.1) is 6.92 Å². The van der Waals surface area contributed by atoms with E-state index in [0.717, 1.165) is 22.4 Å². The van der Waals surface area contributed by atoms with E-state index in [1.807, 2.05) is 44.2 Å². The highest BCUT2D eigenvalue weighted by atomic mass is 16.5. The zero-order chi connectivity index (χ0) is 13.0. The highest BCUT2D eigenvalue weighted by Crippen LogP contribution is 2.30. The smallest absolute Gasteiger partial charge is 0.125 e. The third-order valence-electron chi connectivity index (χ3n) is 2.78. The van der Waals surface area contributed by atoms with Gasteiger partial charge in [-0.05, 0) is 43.7 Å². The van der Waals surface area contributed by atoms with Gasteiger partial charge in [-0.3, -0.25) is 4.98 Å². The first-order valence-corrected chi connectivity index (χ1v) is 6.03. The monoisotopic (exact) mass is 243 g/mol. The van der Waals surface area contributed by atoms with Gasteiger partial charge in [0.2, 0.25) is 0 Å². The second-order valence-corrected chi connectivity index (χ2v) is 4.16. The highest BCUT2D eigenvalue weighted by Gasteiger charge is 2.15. The Labute approximate surface area is 107 Å². The second kappa shape index (κ2) is 5.65. The van der Waals surface area contributed by atoms with Gasteiger partial charge in [0.05, 0.1) is 6.61 Å². The van der Waals surface area contributed by atoms with Gasteiger partial charge in [-0.15, -0.1) is 0 Å². The molecule has 1 atom stereocenters. The lowest BCUT2D eigenvalue weighted by molar-refractivity contribution is 0.211. The fourth-order valence-corrected chi connectivity index (χ4v) is 1.89. The number of nitrogens with zero attached hydrogens (tertiary/aromatic N) is 1. The summed E-state index contributed by atoms with van der Waals surface area (Å²) in [5, 5.41) is 10.4. The van der Waals surface area contributed by atoms with Crippen molar-refractivity contribution in [1.82, 2.24) is 4.98 Å². The number of benzene rings is 1. The molecular weight excluding hydrogens is 226 g/mol. The molecule has 0 fully saturated rings. The molecule has 1 heterocycles. The number of aliphatic hydroxyl groups is 1. The summed E-state index contributed by atoms with van der Waals surface area (Å²) in [6.07, 6.45) is 2.66. The molecule has 1 aromatic heterocycles. The third-order valence-corrected chi connectivity index (χ3v) is 2.78. The van der Waals surface area contributed by atoms with Gasteiger partial charge in [0.25, 0.3) is 0 Å². The number of pyridine rings is 1. The molecule has 0 bridgehead atoms. The molecule has 0 saturated heterocycles. The summed E-state index contributed by atoms with van der Waals surface area (Å²) in [6.45, 7) is 4.51. The van der Waals surface area contributed by atoms with Crippen LogP contribution in [0.25, 0.3) is 0 Å². The third kappa shape index (κ3) is 2.68. The van der Waals surface area contributed by atoms with Crippen molar-refractivity contribution < 1.29 is 9.84 Å². The Kier molecular flexibility index (Phi) is 3.95. The maximum Gasteiger partial charge on any atom is 0.125 e. The Balaban J connectivity index is 2.40. The van der Waals surface area contributed by atoms with Gasteiger partial charge in [-0.25, -0.2) is 0 Å². The number of aromatic nitrogens is 1. The van der Waals surface area contributed by atoms with Crippen LogP contribution in [0.1, 0.15) is 29.7 Å². The lowest BCUT2D eigenvalue weighted by Gasteiger charge is -2.16. The van der Waals surface area contributed by atoms with E-state index in [4.69, 9.17) is 4.74 Å². The van der Waals surface area contributed by atoms with E-state index in [0.29, 0.717) is 6.61 Å². The molecular formula is C15H17NO2. The number of ether oxygens (including phenoxy) is 1. The molecule has 1 aromatic carbocycles. The van der Waals surface area contributed by atoms with Crippen LogP contribution in [0.5, 0.6) is 5.75 Å². The lowest BCUT2D eigenvalue weighted by atomic mass is 10.00. The minimum atomic E-state index is -0.686. The Hall–Kier alpha value is -1.87. The highest BCUT2D eigenvalue weighted by molar-refractivity contribution is 5.42. The molecule has 1 N–H and O–H groups in total. The van der Waals surface area contributed by atoms with E-state index < -0.39 is 6.10 Å². The molecule has 0 aliphatic heterocycles. The molecule has 0 aliphatic rings. The summed E-state index contributed by atoms with van der Waals surface area (Å²) in [6, 6.07) is 9.45. The van der Waals surface area contributed by atoms with E-state index in [2.05, 4.69) is 4.98 Å². The van der Waals surface area contributed by atoms with Crippen molar-refractivity contribution in [1.29, 1.82) is 0 Å². The molecule has 0 radical (unpaired) electrons. The number of hydrogen-bond acceptors (Lipinski definition) is 3. The van der Waals surface area contributed by atoms with Crippen LogP contribution in [-0.2, 0) is 0 Å². The van der Waals surface area contributed by atoms with Crippen molar-refractivity contribution >= 4 is 0 Å². The lowest BCUT2D eigenvalue weighted by Crippen LogP contribution is -2.04. The Morgan fingerprint density at radius 1 is 1.22 bits per heavy atom. The minimum absolute atomic E-state index is 0.582. The van der Waals surface area contributed by atoms with Crippen molar-refractivity contribution in [3.8, 4) is 5.75 Å². The minimum Gasteiger partial charge on any atom is -0.493 e. The number of hydrogen-bond donors (Lipinski definition) is 1. The van der Waals surface area contributed by atoms with E-state index in [-0.39, 0.29) is 0 Å². The molecule has 3 heteroatoms. The van der Waals surface area contributed by atoms with Crippen molar-refractivity contribution in [2.45, 2.75) is 20.0 Å².